The highest BCUT2D eigenvalue weighted by Crippen LogP contribution is 2.29. The Hall–Kier alpha value is -2.15. The van der Waals surface area contributed by atoms with Gasteiger partial charge in [0.05, 0.1) is 16.5 Å². The van der Waals surface area contributed by atoms with Crippen molar-refractivity contribution in [3.8, 4) is 5.75 Å². The highest BCUT2D eigenvalue weighted by atomic mass is 16.6. The Morgan fingerprint density at radius 2 is 2.32 bits per heavy atom. The van der Waals surface area contributed by atoms with E-state index < -0.39 is 4.92 Å². The maximum atomic E-state index is 12.0. The second-order valence-electron chi connectivity index (χ2n) is 4.59. The van der Waals surface area contributed by atoms with Crippen molar-refractivity contribution in [1.29, 1.82) is 0 Å². The molecule has 102 valence electrons. The van der Waals surface area contributed by atoms with E-state index >= 15 is 0 Å². The summed E-state index contributed by atoms with van der Waals surface area (Å²) in [5, 5.41) is 26.0. The fourth-order valence-electron chi connectivity index (χ4n) is 2.18. The molecule has 1 aromatic carbocycles. The number of carbonyl (C=O) groups is 1. The molecule has 2 unspecified atom stereocenters. The summed E-state index contributed by atoms with van der Waals surface area (Å²) >= 11 is 0. The van der Waals surface area contributed by atoms with E-state index in [-0.39, 0.29) is 35.0 Å². The Labute approximate surface area is 109 Å². The number of non-ortho nitro benzene ring substituents is 1. The molecule has 7 nitrogen and oxygen atoms in total. The number of nitro benzene ring substituents is 1. The lowest BCUT2D eigenvalue weighted by Crippen LogP contribution is -2.32. The number of hydrogen-bond acceptors (Lipinski definition) is 5. The van der Waals surface area contributed by atoms with Crippen molar-refractivity contribution in [2.24, 2.45) is 5.92 Å². The van der Waals surface area contributed by atoms with Crippen LogP contribution in [0.2, 0.25) is 0 Å². The summed E-state index contributed by atoms with van der Waals surface area (Å²) in [5.41, 5.74) is -0.107. The zero-order valence-corrected chi connectivity index (χ0v) is 10.4. The number of carbonyl (C=O) groups excluding carboxylic acids is 1. The Kier molecular flexibility index (Phi) is 3.66. The number of anilines is 1. The van der Waals surface area contributed by atoms with Crippen LogP contribution in [0.1, 0.15) is 13.3 Å². The van der Waals surface area contributed by atoms with Gasteiger partial charge in [0.1, 0.15) is 5.75 Å². The van der Waals surface area contributed by atoms with Gasteiger partial charge in [-0.25, -0.2) is 0 Å². The zero-order valence-electron chi connectivity index (χ0n) is 10.4. The first-order valence-electron chi connectivity index (χ1n) is 6.00. The van der Waals surface area contributed by atoms with Gasteiger partial charge in [-0.05, 0) is 26.0 Å². The smallest absolute Gasteiger partial charge is 0.271 e. The predicted molar refractivity (Wildman–Crippen MR) is 69.0 cm³/mol. The molecule has 7 heteroatoms. The average molecular weight is 265 g/mol. The van der Waals surface area contributed by atoms with Gasteiger partial charge >= 0.3 is 0 Å². The molecule has 1 heterocycles. The molecule has 2 rings (SSSR count). The van der Waals surface area contributed by atoms with Gasteiger partial charge in [0.25, 0.3) is 5.69 Å². The summed E-state index contributed by atoms with van der Waals surface area (Å²) in [6.45, 7) is 2.67. The van der Waals surface area contributed by atoms with Crippen LogP contribution in [0.5, 0.6) is 5.75 Å². The second kappa shape index (κ2) is 5.23. The first-order valence-corrected chi connectivity index (χ1v) is 6.00. The minimum Gasteiger partial charge on any atom is -0.506 e. The molecule has 19 heavy (non-hydrogen) atoms. The van der Waals surface area contributed by atoms with Crippen molar-refractivity contribution in [3.05, 3.63) is 28.3 Å². The van der Waals surface area contributed by atoms with Gasteiger partial charge < -0.3 is 15.7 Å². The highest BCUT2D eigenvalue weighted by molar-refractivity contribution is 5.94. The molecule has 0 aromatic heterocycles. The summed E-state index contributed by atoms with van der Waals surface area (Å²) < 4.78 is 0. The van der Waals surface area contributed by atoms with Crippen LogP contribution in [-0.4, -0.2) is 28.5 Å². The van der Waals surface area contributed by atoms with Gasteiger partial charge in [-0.1, -0.05) is 0 Å². The standard InChI is InChI=1S/C12H15N3O4/c1-7-9(4-5-13-7)12(17)14-10-6-8(15(18)19)2-3-11(10)16/h2-3,6-7,9,13,16H,4-5H2,1H3,(H,14,17). The number of rotatable bonds is 3. The maximum absolute atomic E-state index is 12.0. The second-order valence-corrected chi connectivity index (χ2v) is 4.59. The minimum absolute atomic E-state index is 0.0563. The number of nitrogens with zero attached hydrogens (tertiary/aromatic N) is 1. The van der Waals surface area contributed by atoms with E-state index in [0.717, 1.165) is 12.6 Å². The fourth-order valence-corrected chi connectivity index (χ4v) is 2.18. The molecule has 1 aliphatic rings. The van der Waals surface area contributed by atoms with Crippen LogP contribution in [0.25, 0.3) is 0 Å². The summed E-state index contributed by atoms with van der Waals surface area (Å²) in [4.78, 5) is 22.1. The van der Waals surface area contributed by atoms with Crippen LogP contribution in [0.4, 0.5) is 11.4 Å². The summed E-state index contributed by atoms with van der Waals surface area (Å²) in [5.74, 6) is -0.621. The molecular weight excluding hydrogens is 250 g/mol. The molecule has 3 N–H and O–H groups in total. The zero-order chi connectivity index (χ0) is 14.0. The largest absolute Gasteiger partial charge is 0.506 e. The summed E-state index contributed by atoms with van der Waals surface area (Å²) in [6.07, 6.45) is 0.711. The topological polar surface area (TPSA) is 104 Å². The van der Waals surface area contributed by atoms with Gasteiger partial charge in [0.15, 0.2) is 0 Å². The van der Waals surface area contributed by atoms with Gasteiger partial charge in [-0.2, -0.15) is 0 Å². The molecule has 2 atom stereocenters. The lowest BCUT2D eigenvalue weighted by molar-refractivity contribution is -0.384. The van der Waals surface area contributed by atoms with E-state index in [0.29, 0.717) is 6.42 Å². The Morgan fingerprint density at radius 1 is 1.58 bits per heavy atom. The van der Waals surface area contributed by atoms with Gasteiger partial charge in [0.2, 0.25) is 5.91 Å². The highest BCUT2D eigenvalue weighted by Gasteiger charge is 2.29. The molecule has 1 aromatic rings. The van der Waals surface area contributed by atoms with E-state index in [9.17, 15) is 20.0 Å². The molecule has 1 aliphatic heterocycles. The van der Waals surface area contributed by atoms with Crippen LogP contribution in [-0.2, 0) is 4.79 Å². The van der Waals surface area contributed by atoms with Gasteiger partial charge in [-0.3, -0.25) is 14.9 Å². The number of benzene rings is 1. The van der Waals surface area contributed by atoms with Crippen LogP contribution in [0.3, 0.4) is 0 Å². The molecule has 1 amide bonds. The third kappa shape index (κ3) is 2.82. The van der Waals surface area contributed by atoms with Crippen molar-refractivity contribution in [2.45, 2.75) is 19.4 Å². The predicted octanol–water partition coefficient (Wildman–Crippen LogP) is 1.24. The first kappa shape index (κ1) is 13.3. The van der Waals surface area contributed by atoms with Crippen LogP contribution >= 0.6 is 0 Å². The van der Waals surface area contributed by atoms with Crippen LogP contribution in [0.15, 0.2) is 18.2 Å². The normalized spacial score (nSPS) is 22.2. The number of amides is 1. The number of nitro groups is 1. The van der Waals surface area contributed by atoms with Gasteiger partial charge in [0, 0.05) is 18.2 Å². The van der Waals surface area contributed by atoms with Crippen LogP contribution < -0.4 is 10.6 Å². The Bertz CT molecular complexity index is 518. The van der Waals surface area contributed by atoms with E-state index in [1.165, 1.54) is 12.1 Å². The molecule has 0 saturated carbocycles. The summed E-state index contributed by atoms with van der Waals surface area (Å²) in [6, 6.07) is 3.59. The monoisotopic (exact) mass is 265 g/mol. The molecular formula is C12H15N3O4. The van der Waals surface area contributed by atoms with E-state index in [1.54, 1.807) is 0 Å². The number of phenols is 1. The Morgan fingerprint density at radius 3 is 2.89 bits per heavy atom. The molecule has 0 bridgehead atoms. The lowest BCUT2D eigenvalue weighted by atomic mass is 10.0. The molecule has 0 radical (unpaired) electrons. The molecule has 1 fully saturated rings. The van der Waals surface area contributed by atoms with E-state index in [4.69, 9.17) is 0 Å². The SMILES string of the molecule is CC1NCCC1C(=O)Nc1cc([N+](=O)[O-])ccc1O. The van der Waals surface area contributed by atoms with Crippen molar-refractivity contribution >= 4 is 17.3 Å². The first-order chi connectivity index (χ1) is 8.99. The number of aromatic hydroxyl groups is 1. The number of phenolic OH excluding ortho intramolecular Hbond substituents is 1. The van der Waals surface area contributed by atoms with Crippen molar-refractivity contribution < 1.29 is 14.8 Å². The third-order valence-corrected chi connectivity index (χ3v) is 3.31. The average Bonchev–Trinajstić information content (AvgIpc) is 2.78. The van der Waals surface area contributed by atoms with Gasteiger partial charge in [-0.15, -0.1) is 0 Å². The fraction of sp³-hybridized carbons (Fsp3) is 0.417. The number of nitrogens with one attached hydrogen (secondary N) is 2. The van der Waals surface area contributed by atoms with E-state index in [2.05, 4.69) is 10.6 Å². The molecule has 0 aliphatic carbocycles. The van der Waals surface area contributed by atoms with Crippen molar-refractivity contribution in [2.75, 3.05) is 11.9 Å². The summed E-state index contributed by atoms with van der Waals surface area (Å²) in [7, 11) is 0. The lowest BCUT2D eigenvalue weighted by Gasteiger charge is -2.15. The van der Waals surface area contributed by atoms with Crippen LogP contribution in [0, 0.1) is 16.0 Å². The van der Waals surface area contributed by atoms with Crippen molar-refractivity contribution in [1.82, 2.24) is 5.32 Å². The third-order valence-electron chi connectivity index (χ3n) is 3.31. The Balaban J connectivity index is 2.16. The van der Waals surface area contributed by atoms with Crippen molar-refractivity contribution in [3.63, 3.8) is 0 Å². The molecule has 1 saturated heterocycles. The molecule has 0 spiro atoms. The van der Waals surface area contributed by atoms with E-state index in [1.807, 2.05) is 6.92 Å². The maximum Gasteiger partial charge on any atom is 0.271 e. The minimum atomic E-state index is -0.575. The number of hydrogen-bond donors (Lipinski definition) is 3. The quantitative estimate of drug-likeness (QED) is 0.433.